The van der Waals surface area contributed by atoms with Gasteiger partial charge in [0.15, 0.2) is 5.12 Å². The highest BCUT2D eigenvalue weighted by atomic mass is 32.2. The third kappa shape index (κ3) is 11.5. The Morgan fingerprint density at radius 1 is 1.04 bits per heavy atom. The number of hydrogen-bond acceptors (Lipinski definition) is 5. The monoisotopic (exact) mass is 393 g/mol. The Kier molecular flexibility index (Phi) is 12.3. The number of unbranched alkanes of at least 4 members (excludes halogenated alkanes) is 4. The van der Waals surface area contributed by atoms with Gasteiger partial charge in [-0.2, -0.15) is 0 Å². The summed E-state index contributed by atoms with van der Waals surface area (Å²) in [5.41, 5.74) is 1.10. The van der Waals surface area contributed by atoms with Gasteiger partial charge in [0.25, 0.3) is 0 Å². The summed E-state index contributed by atoms with van der Waals surface area (Å²) in [6.07, 6.45) is 5.94. The highest BCUT2D eigenvalue weighted by molar-refractivity contribution is 8.13. The predicted molar refractivity (Wildman–Crippen MR) is 110 cm³/mol. The lowest BCUT2D eigenvalue weighted by Gasteiger charge is -2.16. The van der Waals surface area contributed by atoms with Gasteiger partial charge in [-0.05, 0) is 24.8 Å². The van der Waals surface area contributed by atoms with E-state index in [0.717, 1.165) is 37.7 Å². The molecule has 0 saturated carbocycles. The Bertz CT molecular complexity index is 577. The van der Waals surface area contributed by atoms with E-state index in [4.69, 9.17) is 0 Å². The van der Waals surface area contributed by atoms with Crippen LogP contribution in [0, 0.1) is 5.92 Å². The van der Waals surface area contributed by atoms with Crippen LogP contribution in [-0.4, -0.2) is 36.4 Å². The number of hydrogen-bond donors (Lipinski definition) is 1. The molecule has 1 atom stereocenters. The highest BCUT2D eigenvalue weighted by Crippen LogP contribution is 2.16. The minimum Gasteiger partial charge on any atom is -0.469 e. The molecule has 5 nitrogen and oxygen atoms in total. The molecule has 0 radical (unpaired) electrons. The topological polar surface area (TPSA) is 72.5 Å². The number of thioether (sulfide) groups is 1. The largest absolute Gasteiger partial charge is 0.469 e. The van der Waals surface area contributed by atoms with Crippen LogP contribution in [0.5, 0.6) is 0 Å². The number of ether oxygens (including phenoxy) is 1. The Morgan fingerprint density at radius 2 is 1.70 bits per heavy atom. The van der Waals surface area contributed by atoms with Crippen LogP contribution < -0.4 is 5.32 Å². The number of methoxy groups -OCH3 is 1. The summed E-state index contributed by atoms with van der Waals surface area (Å²) in [5, 5.41) is 3.04. The smallest absolute Gasteiger partial charge is 0.305 e. The molecule has 0 bridgehead atoms. The molecule has 1 rings (SSSR count). The van der Waals surface area contributed by atoms with Crippen LogP contribution in [-0.2, 0) is 25.5 Å². The van der Waals surface area contributed by atoms with Gasteiger partial charge in [0.05, 0.1) is 13.0 Å². The lowest BCUT2D eigenvalue weighted by molar-refractivity contribution is -0.140. The van der Waals surface area contributed by atoms with Crippen LogP contribution in [0.25, 0.3) is 0 Å². The first-order chi connectivity index (χ1) is 13.0. The molecule has 0 aliphatic rings. The van der Waals surface area contributed by atoms with Gasteiger partial charge >= 0.3 is 5.97 Å². The van der Waals surface area contributed by atoms with E-state index in [-0.39, 0.29) is 22.9 Å². The van der Waals surface area contributed by atoms with Crippen LogP contribution in [0.4, 0.5) is 0 Å². The fourth-order valence-electron chi connectivity index (χ4n) is 2.73. The molecule has 0 aliphatic heterocycles. The fraction of sp³-hybridized carbons (Fsp3) is 0.571. The minimum absolute atomic E-state index is 0.0123. The van der Waals surface area contributed by atoms with Gasteiger partial charge in [0.2, 0.25) is 5.91 Å². The highest BCUT2D eigenvalue weighted by Gasteiger charge is 2.19. The fourth-order valence-corrected chi connectivity index (χ4v) is 3.43. The SMILES string of the molecule is COC(=O)CCCCCCCNC(=O)C(CSC(C)=O)Cc1ccccc1. The molecule has 0 aliphatic carbocycles. The van der Waals surface area contributed by atoms with E-state index >= 15 is 0 Å². The van der Waals surface area contributed by atoms with Gasteiger partial charge in [-0.1, -0.05) is 61.4 Å². The van der Waals surface area contributed by atoms with Crippen LogP contribution in [0.1, 0.15) is 51.0 Å². The van der Waals surface area contributed by atoms with Gasteiger partial charge in [0, 0.05) is 25.6 Å². The van der Waals surface area contributed by atoms with Crippen molar-refractivity contribution in [1.82, 2.24) is 5.32 Å². The standard InChI is InChI=1S/C21H31NO4S/c1-17(23)27-16-19(15-18-11-7-6-8-12-18)21(25)22-14-10-5-3-4-9-13-20(24)26-2/h6-8,11-12,19H,3-5,9-10,13-16H2,1-2H3,(H,22,25). The second-order valence-electron chi connectivity index (χ2n) is 6.57. The summed E-state index contributed by atoms with van der Waals surface area (Å²) in [7, 11) is 1.41. The molecule has 0 saturated heterocycles. The molecule has 6 heteroatoms. The number of benzene rings is 1. The molecular formula is C21H31NO4S. The Labute approximate surface area is 166 Å². The molecule has 1 N–H and O–H groups in total. The number of amides is 1. The molecule has 1 amide bonds. The molecule has 150 valence electrons. The average molecular weight is 394 g/mol. The zero-order valence-electron chi connectivity index (χ0n) is 16.4. The normalized spacial score (nSPS) is 11.6. The van der Waals surface area contributed by atoms with E-state index in [1.807, 2.05) is 30.3 Å². The van der Waals surface area contributed by atoms with Crippen molar-refractivity contribution in [2.45, 2.75) is 51.9 Å². The van der Waals surface area contributed by atoms with Crippen molar-refractivity contribution in [1.29, 1.82) is 0 Å². The lowest BCUT2D eigenvalue weighted by Crippen LogP contribution is -2.34. The molecular weight excluding hydrogens is 362 g/mol. The Balaban J connectivity index is 2.27. The van der Waals surface area contributed by atoms with Crippen LogP contribution in [0.3, 0.4) is 0 Å². The number of carbonyl (C=O) groups excluding carboxylic acids is 3. The first-order valence-corrected chi connectivity index (χ1v) is 10.5. The molecule has 0 aromatic heterocycles. The van der Waals surface area contributed by atoms with Crippen molar-refractivity contribution in [2.75, 3.05) is 19.4 Å². The van der Waals surface area contributed by atoms with Gasteiger partial charge in [-0.3, -0.25) is 14.4 Å². The second kappa shape index (κ2) is 14.3. The van der Waals surface area contributed by atoms with Gasteiger partial charge in [-0.15, -0.1) is 0 Å². The summed E-state index contributed by atoms with van der Waals surface area (Å²) < 4.78 is 4.61. The maximum Gasteiger partial charge on any atom is 0.305 e. The number of carbonyl (C=O) groups is 3. The minimum atomic E-state index is -0.207. The molecule has 1 aromatic carbocycles. The third-order valence-corrected chi connectivity index (χ3v) is 5.24. The van der Waals surface area contributed by atoms with Crippen molar-refractivity contribution in [3.05, 3.63) is 35.9 Å². The van der Waals surface area contributed by atoms with Gasteiger partial charge in [0.1, 0.15) is 0 Å². The van der Waals surface area contributed by atoms with Crippen LogP contribution >= 0.6 is 11.8 Å². The Hall–Kier alpha value is -1.82. The van der Waals surface area contributed by atoms with E-state index in [1.54, 1.807) is 0 Å². The average Bonchev–Trinajstić information content (AvgIpc) is 2.67. The summed E-state index contributed by atoms with van der Waals surface area (Å²) >= 11 is 1.21. The summed E-state index contributed by atoms with van der Waals surface area (Å²) in [6.45, 7) is 2.17. The van der Waals surface area contributed by atoms with Crippen molar-refractivity contribution < 1.29 is 19.1 Å². The van der Waals surface area contributed by atoms with Crippen molar-refractivity contribution >= 4 is 28.8 Å². The lowest BCUT2D eigenvalue weighted by atomic mass is 10.00. The Morgan fingerprint density at radius 3 is 2.37 bits per heavy atom. The third-order valence-electron chi connectivity index (χ3n) is 4.27. The predicted octanol–water partition coefficient (Wildman–Crippen LogP) is 3.75. The van der Waals surface area contributed by atoms with E-state index in [2.05, 4.69) is 10.1 Å². The van der Waals surface area contributed by atoms with Crippen molar-refractivity contribution in [2.24, 2.45) is 5.92 Å². The van der Waals surface area contributed by atoms with E-state index < -0.39 is 0 Å². The van der Waals surface area contributed by atoms with E-state index in [1.165, 1.54) is 25.8 Å². The van der Waals surface area contributed by atoms with Crippen LogP contribution in [0.2, 0.25) is 0 Å². The molecule has 0 fully saturated rings. The van der Waals surface area contributed by atoms with Crippen LogP contribution in [0.15, 0.2) is 30.3 Å². The molecule has 1 unspecified atom stereocenters. The second-order valence-corrected chi connectivity index (χ2v) is 7.77. The number of rotatable bonds is 13. The quantitative estimate of drug-likeness (QED) is 0.408. The van der Waals surface area contributed by atoms with Gasteiger partial charge in [-0.25, -0.2) is 0 Å². The molecule has 1 aromatic rings. The van der Waals surface area contributed by atoms with Crippen molar-refractivity contribution in [3.63, 3.8) is 0 Å². The maximum absolute atomic E-state index is 12.5. The molecule has 0 heterocycles. The number of nitrogens with one attached hydrogen (secondary N) is 1. The summed E-state index contributed by atoms with van der Waals surface area (Å²) in [4.78, 5) is 34.8. The van der Waals surface area contributed by atoms with E-state index in [9.17, 15) is 14.4 Å². The molecule has 27 heavy (non-hydrogen) atoms. The van der Waals surface area contributed by atoms with E-state index in [0.29, 0.717) is 25.1 Å². The summed E-state index contributed by atoms with van der Waals surface area (Å²) in [5.74, 6) is 0.152. The number of esters is 1. The zero-order chi connectivity index (χ0) is 19.9. The van der Waals surface area contributed by atoms with Crippen molar-refractivity contribution in [3.8, 4) is 0 Å². The maximum atomic E-state index is 12.5. The first kappa shape index (κ1) is 23.2. The summed E-state index contributed by atoms with van der Waals surface area (Å²) in [6, 6.07) is 9.89. The molecule has 0 spiro atoms. The zero-order valence-corrected chi connectivity index (χ0v) is 17.2. The van der Waals surface area contributed by atoms with Gasteiger partial charge < -0.3 is 10.1 Å². The first-order valence-electron chi connectivity index (χ1n) is 9.54.